The van der Waals surface area contributed by atoms with Crippen molar-refractivity contribution in [1.82, 2.24) is 4.98 Å². The van der Waals surface area contributed by atoms with Gasteiger partial charge >= 0.3 is 0 Å². The summed E-state index contributed by atoms with van der Waals surface area (Å²) in [6.07, 6.45) is 1.45. The van der Waals surface area contributed by atoms with E-state index in [-0.39, 0.29) is 5.57 Å². The molecule has 0 unspecified atom stereocenters. The van der Waals surface area contributed by atoms with Gasteiger partial charge < -0.3 is 10.1 Å². The summed E-state index contributed by atoms with van der Waals surface area (Å²) in [5, 5.41) is 14.8. The Morgan fingerprint density at radius 1 is 1.55 bits per heavy atom. The number of hydrogen-bond donors (Lipinski definition) is 1. The molecule has 2 aromatic rings. The average molecular weight is 334 g/mol. The lowest BCUT2D eigenvalue weighted by atomic mass is 10.2. The van der Waals surface area contributed by atoms with Crippen LogP contribution in [-0.2, 0) is 4.79 Å². The van der Waals surface area contributed by atoms with Gasteiger partial charge in [-0.25, -0.2) is 4.98 Å². The Hall–Kier alpha value is -2.36. The molecule has 1 heterocycles. The molecule has 2 rings (SSSR count). The maximum absolute atomic E-state index is 12.1. The van der Waals surface area contributed by atoms with Crippen molar-refractivity contribution in [3.05, 3.63) is 44.9 Å². The number of halogens is 1. The topological polar surface area (TPSA) is 75.0 Å². The lowest BCUT2D eigenvalue weighted by Gasteiger charge is -2.07. The average Bonchev–Trinajstić information content (AvgIpc) is 2.90. The fourth-order valence-electron chi connectivity index (χ4n) is 1.69. The number of carbonyl (C=O) groups is 1. The summed E-state index contributed by atoms with van der Waals surface area (Å²) >= 11 is 7.44. The van der Waals surface area contributed by atoms with Gasteiger partial charge in [-0.1, -0.05) is 11.6 Å². The highest BCUT2D eigenvalue weighted by atomic mass is 35.5. The standard InChI is InChI=1S/C15H12ClN3O2S/c1-9-18-12(8-22-9)5-10(7-17)15(20)19-11-3-4-14(21-2)13(16)6-11/h3-6,8H,1-2H3,(H,19,20)/b10-5+. The number of methoxy groups -OCH3 is 1. The maximum Gasteiger partial charge on any atom is 0.266 e. The molecular weight excluding hydrogens is 322 g/mol. The van der Waals surface area contributed by atoms with Crippen molar-refractivity contribution in [2.24, 2.45) is 0 Å². The van der Waals surface area contributed by atoms with Crippen LogP contribution in [0.1, 0.15) is 10.7 Å². The molecule has 0 atom stereocenters. The molecule has 0 fully saturated rings. The second kappa shape index (κ2) is 7.07. The monoisotopic (exact) mass is 333 g/mol. The zero-order valence-corrected chi connectivity index (χ0v) is 13.5. The summed E-state index contributed by atoms with van der Waals surface area (Å²) in [6.45, 7) is 1.85. The predicted octanol–water partition coefficient (Wildman–Crippen LogP) is 3.66. The molecule has 0 aliphatic rings. The molecule has 7 heteroatoms. The van der Waals surface area contributed by atoms with E-state index in [9.17, 15) is 4.79 Å². The van der Waals surface area contributed by atoms with Crippen LogP contribution < -0.4 is 10.1 Å². The van der Waals surface area contributed by atoms with E-state index in [1.54, 1.807) is 23.6 Å². The van der Waals surface area contributed by atoms with Crippen molar-refractivity contribution in [3.63, 3.8) is 0 Å². The molecule has 0 bridgehead atoms. The van der Waals surface area contributed by atoms with Crippen LogP contribution in [0.2, 0.25) is 5.02 Å². The molecule has 1 N–H and O–H groups in total. The molecule has 5 nitrogen and oxygen atoms in total. The normalized spacial score (nSPS) is 10.9. The lowest BCUT2D eigenvalue weighted by Crippen LogP contribution is -2.13. The van der Waals surface area contributed by atoms with Crippen molar-refractivity contribution in [2.45, 2.75) is 6.92 Å². The Balaban J connectivity index is 2.18. The number of ether oxygens (including phenoxy) is 1. The van der Waals surface area contributed by atoms with E-state index < -0.39 is 5.91 Å². The van der Waals surface area contributed by atoms with Gasteiger partial charge in [0.25, 0.3) is 5.91 Å². The van der Waals surface area contributed by atoms with Gasteiger partial charge in [-0.05, 0) is 31.2 Å². The van der Waals surface area contributed by atoms with Crippen LogP contribution in [0, 0.1) is 18.3 Å². The summed E-state index contributed by atoms with van der Waals surface area (Å²) in [5.74, 6) is -0.0111. The van der Waals surface area contributed by atoms with Crippen LogP contribution >= 0.6 is 22.9 Å². The Bertz CT molecular complexity index is 777. The first-order valence-corrected chi connectivity index (χ1v) is 7.48. The Labute approximate surface area is 136 Å². The molecule has 112 valence electrons. The number of thiazole rings is 1. The van der Waals surface area contributed by atoms with Crippen molar-refractivity contribution >= 4 is 40.6 Å². The molecule has 0 spiro atoms. The Morgan fingerprint density at radius 2 is 2.32 bits per heavy atom. The number of anilines is 1. The highest BCUT2D eigenvalue weighted by molar-refractivity contribution is 7.09. The van der Waals surface area contributed by atoms with E-state index >= 15 is 0 Å². The first-order chi connectivity index (χ1) is 10.5. The van der Waals surface area contributed by atoms with E-state index in [4.69, 9.17) is 21.6 Å². The van der Waals surface area contributed by atoms with Gasteiger partial charge in [0, 0.05) is 11.1 Å². The number of nitrogens with zero attached hydrogens (tertiary/aromatic N) is 2. The maximum atomic E-state index is 12.1. The number of amides is 1. The van der Waals surface area contributed by atoms with Crippen LogP contribution in [0.25, 0.3) is 6.08 Å². The summed E-state index contributed by atoms with van der Waals surface area (Å²) in [6, 6.07) is 6.71. The van der Waals surface area contributed by atoms with Crippen LogP contribution in [0.15, 0.2) is 29.2 Å². The van der Waals surface area contributed by atoms with Crippen molar-refractivity contribution in [2.75, 3.05) is 12.4 Å². The molecule has 0 radical (unpaired) electrons. The van der Waals surface area contributed by atoms with Crippen LogP contribution in [0.4, 0.5) is 5.69 Å². The third kappa shape index (κ3) is 3.85. The highest BCUT2D eigenvalue weighted by Gasteiger charge is 2.11. The predicted molar refractivity (Wildman–Crippen MR) is 87.1 cm³/mol. The number of benzene rings is 1. The number of carbonyl (C=O) groups excluding carboxylic acids is 1. The first-order valence-electron chi connectivity index (χ1n) is 6.22. The summed E-state index contributed by atoms with van der Waals surface area (Å²) < 4.78 is 5.04. The zero-order chi connectivity index (χ0) is 16.1. The molecule has 1 aromatic carbocycles. The molecule has 0 saturated heterocycles. The van der Waals surface area contributed by atoms with Gasteiger partial charge in [-0.2, -0.15) is 5.26 Å². The van der Waals surface area contributed by atoms with Crippen molar-refractivity contribution in [1.29, 1.82) is 5.26 Å². The number of aryl methyl sites for hydroxylation is 1. The molecule has 1 amide bonds. The molecule has 0 aliphatic carbocycles. The lowest BCUT2D eigenvalue weighted by molar-refractivity contribution is -0.112. The van der Waals surface area contributed by atoms with E-state index in [0.717, 1.165) is 5.01 Å². The van der Waals surface area contributed by atoms with E-state index in [0.29, 0.717) is 22.2 Å². The van der Waals surface area contributed by atoms with Gasteiger partial charge in [0.05, 0.1) is 22.8 Å². The third-order valence-corrected chi connectivity index (χ3v) is 3.79. The van der Waals surface area contributed by atoms with E-state index in [1.807, 2.05) is 13.0 Å². The van der Waals surface area contributed by atoms with Crippen molar-refractivity contribution < 1.29 is 9.53 Å². The Morgan fingerprint density at radius 3 is 2.86 bits per heavy atom. The molecule has 1 aromatic heterocycles. The van der Waals surface area contributed by atoms with Gasteiger partial charge in [-0.15, -0.1) is 11.3 Å². The number of rotatable bonds is 4. The number of hydrogen-bond acceptors (Lipinski definition) is 5. The minimum absolute atomic E-state index is 0.0303. The first kappa shape index (κ1) is 16.0. The minimum Gasteiger partial charge on any atom is -0.495 e. The SMILES string of the molecule is COc1ccc(NC(=O)/C(C#N)=C/c2csc(C)n2)cc1Cl. The smallest absolute Gasteiger partial charge is 0.266 e. The number of nitrogens with one attached hydrogen (secondary N) is 1. The van der Waals surface area contributed by atoms with Gasteiger partial charge in [0.15, 0.2) is 0 Å². The van der Waals surface area contributed by atoms with Crippen LogP contribution in [-0.4, -0.2) is 18.0 Å². The second-order valence-electron chi connectivity index (χ2n) is 4.26. The molecule has 0 aliphatic heterocycles. The van der Waals surface area contributed by atoms with Crippen LogP contribution in [0.5, 0.6) is 5.75 Å². The Kier molecular flexibility index (Phi) is 5.15. The van der Waals surface area contributed by atoms with Gasteiger partial charge in [0.1, 0.15) is 17.4 Å². The fraction of sp³-hybridized carbons (Fsp3) is 0.133. The summed E-state index contributed by atoms with van der Waals surface area (Å²) in [7, 11) is 1.51. The van der Waals surface area contributed by atoms with Gasteiger partial charge in [0.2, 0.25) is 0 Å². The molecule has 22 heavy (non-hydrogen) atoms. The summed E-state index contributed by atoms with van der Waals surface area (Å²) in [5.41, 5.74) is 1.03. The van der Waals surface area contributed by atoms with E-state index in [2.05, 4.69) is 10.3 Å². The largest absolute Gasteiger partial charge is 0.495 e. The minimum atomic E-state index is -0.519. The summed E-state index contributed by atoms with van der Waals surface area (Å²) in [4.78, 5) is 16.3. The molecule has 0 saturated carbocycles. The van der Waals surface area contributed by atoms with E-state index in [1.165, 1.54) is 24.5 Å². The number of aromatic nitrogens is 1. The third-order valence-electron chi connectivity index (χ3n) is 2.70. The number of nitriles is 1. The van der Waals surface area contributed by atoms with Crippen molar-refractivity contribution in [3.8, 4) is 11.8 Å². The van der Waals surface area contributed by atoms with Gasteiger partial charge in [-0.3, -0.25) is 4.79 Å². The van der Waals surface area contributed by atoms with Crippen LogP contribution in [0.3, 0.4) is 0 Å². The fourth-order valence-corrected chi connectivity index (χ4v) is 2.51. The molecular formula is C15H12ClN3O2S. The zero-order valence-electron chi connectivity index (χ0n) is 11.9. The highest BCUT2D eigenvalue weighted by Crippen LogP contribution is 2.27. The quantitative estimate of drug-likeness (QED) is 0.684. The second-order valence-corrected chi connectivity index (χ2v) is 5.73.